The van der Waals surface area contributed by atoms with Crippen LogP contribution in [-0.2, 0) is 11.3 Å². The van der Waals surface area contributed by atoms with E-state index in [-0.39, 0.29) is 18.5 Å². The maximum absolute atomic E-state index is 12.0. The van der Waals surface area contributed by atoms with Crippen molar-refractivity contribution in [3.8, 4) is 10.7 Å². The molecule has 0 radical (unpaired) electrons. The molecule has 0 aliphatic carbocycles. The van der Waals surface area contributed by atoms with Crippen LogP contribution in [0, 0.1) is 0 Å². The molecule has 22 heavy (non-hydrogen) atoms. The van der Waals surface area contributed by atoms with Crippen molar-refractivity contribution in [2.24, 2.45) is 0 Å². The summed E-state index contributed by atoms with van der Waals surface area (Å²) >= 11 is 1.55. The predicted octanol–water partition coefficient (Wildman–Crippen LogP) is 2.88. The van der Waals surface area contributed by atoms with Crippen molar-refractivity contribution < 1.29 is 4.79 Å². The number of rotatable bonds is 9. The molecule has 0 unspecified atom stereocenters. The van der Waals surface area contributed by atoms with Gasteiger partial charge in [0.1, 0.15) is 6.54 Å². The summed E-state index contributed by atoms with van der Waals surface area (Å²) in [6.45, 7) is 4.34. The number of carbonyl (C=O) groups is 1. The smallest absolute Gasteiger partial charge is 0.243 e. The highest BCUT2D eigenvalue weighted by atomic mass is 32.1. The van der Waals surface area contributed by atoms with E-state index in [2.05, 4.69) is 27.7 Å². The predicted molar refractivity (Wildman–Crippen MR) is 87.5 cm³/mol. The zero-order valence-electron chi connectivity index (χ0n) is 13.2. The maximum atomic E-state index is 12.0. The monoisotopic (exact) mass is 321 g/mol. The Bertz CT molecular complexity index is 566. The lowest BCUT2D eigenvalue weighted by Gasteiger charge is -2.13. The number of nitrogens with zero attached hydrogens (tertiary/aromatic N) is 4. The van der Waals surface area contributed by atoms with Crippen molar-refractivity contribution in [2.45, 2.75) is 58.5 Å². The lowest BCUT2D eigenvalue weighted by Crippen LogP contribution is -2.35. The third-order valence-electron chi connectivity index (χ3n) is 3.38. The van der Waals surface area contributed by atoms with E-state index in [1.54, 1.807) is 11.3 Å². The quantitative estimate of drug-likeness (QED) is 0.721. The minimum atomic E-state index is -0.0712. The molecule has 1 N–H and O–H groups in total. The molecule has 1 atom stereocenters. The van der Waals surface area contributed by atoms with Crippen molar-refractivity contribution in [3.63, 3.8) is 0 Å². The highest BCUT2D eigenvalue weighted by molar-refractivity contribution is 7.13. The summed E-state index contributed by atoms with van der Waals surface area (Å²) in [5.74, 6) is 0.494. The Morgan fingerprint density at radius 2 is 2.27 bits per heavy atom. The topological polar surface area (TPSA) is 72.7 Å². The number of nitrogens with one attached hydrogen (secondary N) is 1. The fourth-order valence-electron chi connectivity index (χ4n) is 2.21. The maximum Gasteiger partial charge on any atom is 0.243 e. The summed E-state index contributed by atoms with van der Waals surface area (Å²) < 4.78 is 0. The van der Waals surface area contributed by atoms with Crippen molar-refractivity contribution in [2.75, 3.05) is 0 Å². The highest BCUT2D eigenvalue weighted by Gasteiger charge is 2.11. The van der Waals surface area contributed by atoms with Crippen LogP contribution in [0.4, 0.5) is 0 Å². The van der Waals surface area contributed by atoms with E-state index >= 15 is 0 Å². The second-order valence-corrected chi connectivity index (χ2v) is 6.39. The van der Waals surface area contributed by atoms with Crippen molar-refractivity contribution in [1.29, 1.82) is 0 Å². The number of aromatic nitrogens is 4. The minimum Gasteiger partial charge on any atom is -0.352 e. The van der Waals surface area contributed by atoms with Crippen LogP contribution in [0.3, 0.4) is 0 Å². The lowest BCUT2D eigenvalue weighted by molar-refractivity contribution is -0.122. The number of unbranched alkanes of at least 4 members (excludes halogenated alkanes) is 3. The Hall–Kier alpha value is -1.76. The first kappa shape index (κ1) is 16.6. The van der Waals surface area contributed by atoms with Crippen LogP contribution >= 0.6 is 11.3 Å². The molecule has 2 rings (SSSR count). The fourth-order valence-corrected chi connectivity index (χ4v) is 2.86. The molecule has 0 aliphatic heterocycles. The molecule has 1 amide bonds. The SMILES string of the molecule is CCCCCC[C@@H](C)NC(=O)Cn1nnc(-c2cccs2)n1. The minimum absolute atomic E-state index is 0.0712. The van der Waals surface area contributed by atoms with Crippen LogP contribution in [0.1, 0.15) is 46.0 Å². The molecule has 2 aromatic heterocycles. The number of thiophene rings is 1. The summed E-state index contributed by atoms with van der Waals surface area (Å²) in [6, 6.07) is 4.06. The average molecular weight is 321 g/mol. The molecule has 0 fully saturated rings. The second-order valence-electron chi connectivity index (χ2n) is 5.44. The highest BCUT2D eigenvalue weighted by Crippen LogP contribution is 2.19. The van der Waals surface area contributed by atoms with Gasteiger partial charge in [0.2, 0.25) is 11.7 Å². The van der Waals surface area contributed by atoms with Gasteiger partial charge in [-0.05, 0) is 30.0 Å². The summed E-state index contributed by atoms with van der Waals surface area (Å²) in [4.78, 5) is 14.3. The molecule has 0 bridgehead atoms. The van der Waals surface area contributed by atoms with Gasteiger partial charge in [0.15, 0.2) is 0 Å². The Labute approximate surface area is 134 Å². The Kier molecular flexibility index (Phi) is 6.51. The molecule has 0 spiro atoms. The Morgan fingerprint density at radius 1 is 1.41 bits per heavy atom. The van der Waals surface area contributed by atoms with E-state index in [4.69, 9.17) is 0 Å². The van der Waals surface area contributed by atoms with Crippen molar-refractivity contribution >= 4 is 17.2 Å². The van der Waals surface area contributed by atoms with E-state index in [0.717, 1.165) is 17.7 Å². The van der Waals surface area contributed by atoms with Crippen LogP contribution in [0.2, 0.25) is 0 Å². The molecular weight excluding hydrogens is 298 g/mol. The third-order valence-corrected chi connectivity index (χ3v) is 4.24. The standard InChI is InChI=1S/C15H23N5OS/c1-3-4-5-6-8-12(2)16-14(21)11-20-18-15(17-19-20)13-9-7-10-22-13/h7,9-10,12H,3-6,8,11H2,1-2H3,(H,16,21)/t12-/m1/s1. The van der Waals surface area contributed by atoms with Crippen LogP contribution in [0.5, 0.6) is 0 Å². The Morgan fingerprint density at radius 3 is 3.00 bits per heavy atom. The largest absolute Gasteiger partial charge is 0.352 e. The number of amides is 1. The van der Waals surface area contributed by atoms with Gasteiger partial charge in [-0.1, -0.05) is 38.7 Å². The first-order valence-electron chi connectivity index (χ1n) is 7.80. The number of carbonyl (C=O) groups excluding carboxylic acids is 1. The van der Waals surface area contributed by atoms with Gasteiger partial charge in [0.05, 0.1) is 4.88 Å². The summed E-state index contributed by atoms with van der Waals surface area (Å²) in [7, 11) is 0. The molecule has 0 saturated heterocycles. The molecule has 120 valence electrons. The van der Waals surface area contributed by atoms with Gasteiger partial charge in [-0.15, -0.1) is 21.5 Å². The van der Waals surface area contributed by atoms with E-state index in [1.807, 2.05) is 24.4 Å². The van der Waals surface area contributed by atoms with Gasteiger partial charge in [0, 0.05) is 6.04 Å². The third kappa shape index (κ3) is 5.22. The van der Waals surface area contributed by atoms with Gasteiger partial charge >= 0.3 is 0 Å². The summed E-state index contributed by atoms with van der Waals surface area (Å²) in [5, 5.41) is 17.1. The number of hydrogen-bond donors (Lipinski definition) is 1. The lowest BCUT2D eigenvalue weighted by atomic mass is 10.1. The van der Waals surface area contributed by atoms with E-state index in [9.17, 15) is 4.79 Å². The van der Waals surface area contributed by atoms with Crippen LogP contribution in [0.15, 0.2) is 17.5 Å². The molecule has 2 aromatic rings. The zero-order chi connectivity index (χ0) is 15.8. The second kappa shape index (κ2) is 8.63. The summed E-state index contributed by atoms with van der Waals surface area (Å²) in [6.07, 6.45) is 5.88. The average Bonchev–Trinajstić information content (AvgIpc) is 3.14. The fraction of sp³-hybridized carbons (Fsp3) is 0.600. The molecular formula is C15H23N5OS. The number of tetrazole rings is 1. The van der Waals surface area contributed by atoms with Gasteiger partial charge in [-0.3, -0.25) is 4.79 Å². The van der Waals surface area contributed by atoms with E-state index < -0.39 is 0 Å². The molecule has 7 heteroatoms. The van der Waals surface area contributed by atoms with Crippen LogP contribution < -0.4 is 5.32 Å². The van der Waals surface area contributed by atoms with Gasteiger partial charge in [-0.25, -0.2) is 0 Å². The molecule has 0 aromatic carbocycles. The molecule has 6 nitrogen and oxygen atoms in total. The van der Waals surface area contributed by atoms with Gasteiger partial charge in [-0.2, -0.15) is 4.80 Å². The first-order valence-corrected chi connectivity index (χ1v) is 8.68. The van der Waals surface area contributed by atoms with E-state index in [0.29, 0.717) is 5.82 Å². The van der Waals surface area contributed by atoms with Gasteiger partial charge < -0.3 is 5.32 Å². The number of hydrogen-bond acceptors (Lipinski definition) is 5. The van der Waals surface area contributed by atoms with Crippen LogP contribution in [0.25, 0.3) is 10.7 Å². The summed E-state index contributed by atoms with van der Waals surface area (Å²) in [5.41, 5.74) is 0. The van der Waals surface area contributed by atoms with Crippen molar-refractivity contribution in [3.05, 3.63) is 17.5 Å². The van der Waals surface area contributed by atoms with Gasteiger partial charge in [0.25, 0.3) is 0 Å². The van der Waals surface area contributed by atoms with E-state index in [1.165, 1.54) is 24.1 Å². The van der Waals surface area contributed by atoms with Crippen molar-refractivity contribution in [1.82, 2.24) is 25.5 Å². The van der Waals surface area contributed by atoms with Crippen LogP contribution in [-0.4, -0.2) is 32.2 Å². The molecule has 0 aliphatic rings. The Balaban J connectivity index is 1.75. The zero-order valence-corrected chi connectivity index (χ0v) is 14.0. The molecule has 0 saturated carbocycles. The first-order chi connectivity index (χ1) is 10.7. The normalized spacial score (nSPS) is 12.3. The molecule has 2 heterocycles.